The van der Waals surface area contributed by atoms with E-state index in [9.17, 15) is 22.4 Å². The van der Waals surface area contributed by atoms with Crippen molar-refractivity contribution in [2.45, 2.75) is 19.5 Å². The molecule has 0 saturated carbocycles. The molecule has 0 radical (unpaired) electrons. The SMILES string of the molecule is C=C(F)/C=C(\C)CC(=O)NCC(F)(F)F. The first-order chi connectivity index (χ1) is 6.70. The van der Waals surface area contributed by atoms with Crippen LogP contribution in [0, 0.1) is 0 Å². The van der Waals surface area contributed by atoms with Crippen LogP contribution in [0.1, 0.15) is 13.3 Å². The molecule has 0 spiro atoms. The second kappa shape index (κ2) is 5.53. The molecule has 0 aliphatic carbocycles. The van der Waals surface area contributed by atoms with Crippen molar-refractivity contribution < 1.29 is 22.4 Å². The van der Waals surface area contributed by atoms with Crippen LogP contribution < -0.4 is 5.32 Å². The zero-order valence-electron chi connectivity index (χ0n) is 8.12. The lowest BCUT2D eigenvalue weighted by atomic mass is 10.2. The van der Waals surface area contributed by atoms with Gasteiger partial charge in [0.25, 0.3) is 0 Å². The third kappa shape index (κ3) is 8.99. The fourth-order valence-corrected chi connectivity index (χ4v) is 0.833. The Hall–Kier alpha value is -1.33. The molecule has 0 atom stereocenters. The van der Waals surface area contributed by atoms with E-state index in [4.69, 9.17) is 0 Å². The van der Waals surface area contributed by atoms with Crippen molar-refractivity contribution >= 4 is 5.91 Å². The average molecular weight is 225 g/mol. The Labute approximate surface area is 84.7 Å². The summed E-state index contributed by atoms with van der Waals surface area (Å²) in [5.41, 5.74) is 0.308. The van der Waals surface area contributed by atoms with Gasteiger partial charge in [0.1, 0.15) is 12.4 Å². The van der Waals surface area contributed by atoms with E-state index in [1.54, 1.807) is 5.32 Å². The highest BCUT2D eigenvalue weighted by Gasteiger charge is 2.27. The van der Waals surface area contributed by atoms with Gasteiger partial charge in [-0.05, 0) is 13.0 Å². The summed E-state index contributed by atoms with van der Waals surface area (Å²) in [5.74, 6) is -1.54. The van der Waals surface area contributed by atoms with Gasteiger partial charge in [-0.15, -0.1) is 0 Å². The van der Waals surface area contributed by atoms with E-state index in [1.807, 2.05) is 0 Å². The number of carbonyl (C=O) groups is 1. The molecule has 6 heteroatoms. The predicted octanol–water partition coefficient (Wildman–Crippen LogP) is 2.48. The number of nitrogens with one attached hydrogen (secondary N) is 1. The molecule has 0 aromatic heterocycles. The van der Waals surface area contributed by atoms with E-state index in [-0.39, 0.29) is 6.42 Å². The molecule has 0 bridgehead atoms. The molecule has 0 heterocycles. The maximum Gasteiger partial charge on any atom is 0.405 e. The summed E-state index contributed by atoms with van der Waals surface area (Å²) in [4.78, 5) is 10.9. The third-order valence-electron chi connectivity index (χ3n) is 1.33. The van der Waals surface area contributed by atoms with Crippen molar-refractivity contribution in [3.63, 3.8) is 0 Å². The summed E-state index contributed by atoms with van der Waals surface area (Å²) in [5, 5.41) is 1.67. The van der Waals surface area contributed by atoms with Gasteiger partial charge in [0, 0.05) is 6.42 Å². The summed E-state index contributed by atoms with van der Waals surface area (Å²) in [6.07, 6.45) is -3.72. The number of rotatable bonds is 4. The van der Waals surface area contributed by atoms with Crippen molar-refractivity contribution in [1.29, 1.82) is 0 Å². The molecule has 15 heavy (non-hydrogen) atoms. The van der Waals surface area contributed by atoms with Gasteiger partial charge < -0.3 is 5.32 Å². The van der Waals surface area contributed by atoms with Crippen LogP contribution in [0.15, 0.2) is 24.1 Å². The van der Waals surface area contributed by atoms with Crippen LogP contribution in [-0.2, 0) is 4.79 Å². The first-order valence-corrected chi connectivity index (χ1v) is 4.06. The molecule has 2 nitrogen and oxygen atoms in total. The van der Waals surface area contributed by atoms with E-state index >= 15 is 0 Å². The summed E-state index contributed by atoms with van der Waals surface area (Å²) in [6.45, 7) is 2.98. The normalized spacial score (nSPS) is 12.5. The Morgan fingerprint density at radius 1 is 1.47 bits per heavy atom. The molecule has 0 rings (SSSR count). The molecular formula is C9H11F4NO. The maximum atomic E-state index is 12.2. The fraction of sp³-hybridized carbons (Fsp3) is 0.444. The number of amides is 1. The second-order valence-corrected chi connectivity index (χ2v) is 3.01. The van der Waals surface area contributed by atoms with Crippen LogP contribution >= 0.6 is 0 Å². The smallest absolute Gasteiger partial charge is 0.347 e. The molecule has 1 amide bonds. The second-order valence-electron chi connectivity index (χ2n) is 3.01. The Kier molecular flexibility index (Phi) is 5.04. The molecule has 0 aromatic rings. The summed E-state index contributed by atoms with van der Waals surface area (Å²) < 4.78 is 47.2. The van der Waals surface area contributed by atoms with Crippen molar-refractivity contribution in [3.05, 3.63) is 24.1 Å². The van der Waals surface area contributed by atoms with Gasteiger partial charge in [-0.25, -0.2) is 4.39 Å². The van der Waals surface area contributed by atoms with E-state index in [0.717, 1.165) is 6.08 Å². The Bertz CT molecular complexity index is 280. The number of allylic oxidation sites excluding steroid dienone is 2. The Morgan fingerprint density at radius 2 is 2.00 bits per heavy atom. The lowest BCUT2D eigenvalue weighted by Gasteiger charge is -2.08. The number of hydrogen-bond donors (Lipinski definition) is 1. The summed E-state index contributed by atoms with van der Waals surface area (Å²) >= 11 is 0. The first kappa shape index (κ1) is 13.7. The van der Waals surface area contributed by atoms with Gasteiger partial charge >= 0.3 is 6.18 Å². The van der Waals surface area contributed by atoms with Crippen molar-refractivity contribution in [1.82, 2.24) is 5.32 Å². The minimum Gasteiger partial charge on any atom is -0.347 e. The molecule has 86 valence electrons. The lowest BCUT2D eigenvalue weighted by Crippen LogP contribution is -2.33. The van der Waals surface area contributed by atoms with Gasteiger partial charge in [0.05, 0.1) is 0 Å². The average Bonchev–Trinajstić information content (AvgIpc) is 1.97. The van der Waals surface area contributed by atoms with Gasteiger partial charge in [-0.2, -0.15) is 13.2 Å². The quantitative estimate of drug-likeness (QED) is 0.578. The summed E-state index contributed by atoms with van der Waals surface area (Å²) in [7, 11) is 0. The van der Waals surface area contributed by atoms with Crippen LogP contribution in [-0.4, -0.2) is 18.6 Å². The Morgan fingerprint density at radius 3 is 2.40 bits per heavy atom. The standard InChI is InChI=1S/C9H11F4NO/c1-6(3-7(2)10)4-8(15)14-5-9(11,12)13/h3H,2,4-5H2,1H3,(H,14,15)/b6-3+. The van der Waals surface area contributed by atoms with Crippen LogP contribution in [0.2, 0.25) is 0 Å². The van der Waals surface area contributed by atoms with Crippen LogP contribution in [0.4, 0.5) is 17.6 Å². The van der Waals surface area contributed by atoms with Crippen LogP contribution in [0.3, 0.4) is 0 Å². The predicted molar refractivity (Wildman–Crippen MR) is 47.7 cm³/mol. The zero-order chi connectivity index (χ0) is 12.1. The minimum absolute atomic E-state index is 0.279. The van der Waals surface area contributed by atoms with Gasteiger partial charge in [0.2, 0.25) is 5.91 Å². The van der Waals surface area contributed by atoms with E-state index < -0.39 is 24.5 Å². The lowest BCUT2D eigenvalue weighted by molar-refractivity contribution is -0.138. The molecule has 0 unspecified atom stereocenters. The van der Waals surface area contributed by atoms with Crippen molar-refractivity contribution in [2.24, 2.45) is 0 Å². The van der Waals surface area contributed by atoms with E-state index in [0.29, 0.717) is 5.57 Å². The molecule has 1 N–H and O–H groups in total. The Balaban J connectivity index is 4.00. The third-order valence-corrected chi connectivity index (χ3v) is 1.33. The number of alkyl halides is 3. The number of hydrogen-bond acceptors (Lipinski definition) is 1. The highest BCUT2D eigenvalue weighted by molar-refractivity contribution is 5.78. The van der Waals surface area contributed by atoms with Gasteiger partial charge in [0.15, 0.2) is 0 Å². The van der Waals surface area contributed by atoms with Crippen molar-refractivity contribution in [3.8, 4) is 0 Å². The van der Waals surface area contributed by atoms with Gasteiger partial charge in [-0.3, -0.25) is 4.79 Å². The van der Waals surface area contributed by atoms with E-state index in [2.05, 4.69) is 6.58 Å². The van der Waals surface area contributed by atoms with E-state index in [1.165, 1.54) is 6.92 Å². The molecule has 0 fully saturated rings. The zero-order valence-corrected chi connectivity index (χ0v) is 8.12. The van der Waals surface area contributed by atoms with Crippen LogP contribution in [0.5, 0.6) is 0 Å². The highest BCUT2D eigenvalue weighted by atomic mass is 19.4. The fourth-order valence-electron chi connectivity index (χ4n) is 0.833. The van der Waals surface area contributed by atoms with Crippen LogP contribution in [0.25, 0.3) is 0 Å². The molecule has 0 saturated heterocycles. The molecular weight excluding hydrogens is 214 g/mol. The molecule has 0 aromatic carbocycles. The first-order valence-electron chi connectivity index (χ1n) is 4.06. The van der Waals surface area contributed by atoms with Gasteiger partial charge in [-0.1, -0.05) is 12.2 Å². The topological polar surface area (TPSA) is 29.1 Å². The number of halogens is 4. The molecule has 0 aliphatic heterocycles. The largest absolute Gasteiger partial charge is 0.405 e. The highest BCUT2D eigenvalue weighted by Crippen LogP contribution is 2.12. The number of carbonyl (C=O) groups excluding carboxylic acids is 1. The maximum absolute atomic E-state index is 12.2. The monoisotopic (exact) mass is 225 g/mol. The summed E-state index contributed by atoms with van der Waals surface area (Å²) in [6, 6.07) is 0. The van der Waals surface area contributed by atoms with Crippen molar-refractivity contribution in [2.75, 3.05) is 6.54 Å². The molecule has 0 aliphatic rings. The minimum atomic E-state index is -4.43.